The number of nitrogens with one attached hydrogen (secondary N) is 1. The highest BCUT2D eigenvalue weighted by molar-refractivity contribution is 7.99. The third-order valence-electron chi connectivity index (χ3n) is 4.95. The van der Waals surface area contributed by atoms with E-state index < -0.39 is 0 Å². The van der Waals surface area contributed by atoms with E-state index in [2.05, 4.69) is 15.5 Å². The number of thioether (sulfide) groups is 1. The second-order valence-electron chi connectivity index (χ2n) is 7.34. The molecule has 1 aromatic heterocycles. The van der Waals surface area contributed by atoms with Crippen molar-refractivity contribution in [1.82, 2.24) is 14.8 Å². The van der Waals surface area contributed by atoms with Gasteiger partial charge in [-0.1, -0.05) is 47.1 Å². The van der Waals surface area contributed by atoms with Crippen molar-refractivity contribution in [2.45, 2.75) is 19.0 Å². The lowest BCUT2D eigenvalue weighted by atomic mass is 10.2. The minimum absolute atomic E-state index is 0.153. The molecule has 9 heteroatoms. The van der Waals surface area contributed by atoms with Crippen molar-refractivity contribution >= 4 is 46.6 Å². The van der Waals surface area contributed by atoms with Gasteiger partial charge in [-0.2, -0.15) is 0 Å². The van der Waals surface area contributed by atoms with Crippen molar-refractivity contribution in [1.29, 1.82) is 0 Å². The maximum Gasteiger partial charge on any atom is 0.234 e. The van der Waals surface area contributed by atoms with Crippen molar-refractivity contribution in [2.75, 3.05) is 17.7 Å². The van der Waals surface area contributed by atoms with Crippen LogP contribution < -0.4 is 10.1 Å². The first-order valence-electron chi connectivity index (χ1n) is 10.6. The van der Waals surface area contributed by atoms with E-state index in [-0.39, 0.29) is 11.7 Å². The van der Waals surface area contributed by atoms with Crippen LogP contribution in [-0.4, -0.2) is 33.0 Å². The average molecular weight is 513 g/mol. The summed E-state index contributed by atoms with van der Waals surface area (Å²) in [5.74, 6) is 1.35. The number of nitrogens with zero attached hydrogens (tertiary/aromatic N) is 3. The van der Waals surface area contributed by atoms with Crippen molar-refractivity contribution in [3.05, 3.63) is 82.3 Å². The van der Waals surface area contributed by atoms with Crippen molar-refractivity contribution in [3.8, 4) is 22.8 Å². The lowest BCUT2D eigenvalue weighted by Gasteiger charge is -2.12. The van der Waals surface area contributed by atoms with Gasteiger partial charge in [-0.15, -0.1) is 10.2 Å². The molecule has 4 rings (SSSR count). The van der Waals surface area contributed by atoms with Gasteiger partial charge in [-0.3, -0.25) is 9.36 Å². The summed E-state index contributed by atoms with van der Waals surface area (Å²) in [5, 5.41) is 13.4. The van der Waals surface area contributed by atoms with Gasteiger partial charge in [0.1, 0.15) is 5.75 Å². The van der Waals surface area contributed by atoms with Crippen LogP contribution in [0, 0.1) is 6.92 Å². The lowest BCUT2D eigenvalue weighted by molar-refractivity contribution is -0.113. The van der Waals surface area contributed by atoms with Crippen LogP contribution in [0.1, 0.15) is 12.5 Å². The molecule has 34 heavy (non-hydrogen) atoms. The molecule has 0 saturated heterocycles. The number of aryl methyl sites for hydroxylation is 1. The summed E-state index contributed by atoms with van der Waals surface area (Å²) in [7, 11) is 0. The van der Waals surface area contributed by atoms with Gasteiger partial charge in [0.2, 0.25) is 5.91 Å². The molecular formula is C25H22Cl2N4O2S. The minimum atomic E-state index is -0.157. The van der Waals surface area contributed by atoms with Gasteiger partial charge in [0.25, 0.3) is 0 Å². The molecule has 4 aromatic rings. The quantitative estimate of drug-likeness (QED) is 0.266. The van der Waals surface area contributed by atoms with E-state index >= 15 is 0 Å². The smallest absolute Gasteiger partial charge is 0.234 e. The Labute approximate surface area is 212 Å². The van der Waals surface area contributed by atoms with Gasteiger partial charge in [0.15, 0.2) is 11.0 Å². The summed E-state index contributed by atoms with van der Waals surface area (Å²) in [6.07, 6.45) is 0. The molecule has 0 saturated carbocycles. The van der Waals surface area contributed by atoms with Gasteiger partial charge in [-0.05, 0) is 74.0 Å². The van der Waals surface area contributed by atoms with Crippen LogP contribution >= 0.6 is 35.0 Å². The first-order valence-corrected chi connectivity index (χ1v) is 12.3. The number of amides is 1. The van der Waals surface area contributed by atoms with Crippen molar-refractivity contribution in [3.63, 3.8) is 0 Å². The number of halogens is 2. The fourth-order valence-corrected chi connectivity index (χ4v) is 4.55. The number of carbonyl (C=O) groups is 1. The van der Waals surface area contributed by atoms with Crippen molar-refractivity contribution < 1.29 is 9.53 Å². The first-order chi connectivity index (χ1) is 16.5. The Bertz CT molecular complexity index is 1310. The highest BCUT2D eigenvalue weighted by atomic mass is 35.5. The minimum Gasteiger partial charge on any atom is -0.494 e. The summed E-state index contributed by atoms with van der Waals surface area (Å²) in [6.45, 7) is 4.42. The summed E-state index contributed by atoms with van der Waals surface area (Å²) in [4.78, 5) is 12.7. The zero-order chi connectivity index (χ0) is 24.1. The van der Waals surface area contributed by atoms with Crippen LogP contribution in [0.3, 0.4) is 0 Å². The lowest BCUT2D eigenvalue weighted by Crippen LogP contribution is -2.15. The first kappa shape index (κ1) is 24.1. The summed E-state index contributed by atoms with van der Waals surface area (Å²) < 4.78 is 7.46. The summed E-state index contributed by atoms with van der Waals surface area (Å²) in [5.41, 5.74) is 3.20. The van der Waals surface area contributed by atoms with E-state index in [1.807, 2.05) is 73.0 Å². The molecule has 1 N–H and O–H groups in total. The van der Waals surface area contributed by atoms with E-state index in [9.17, 15) is 4.79 Å². The number of rotatable bonds is 8. The molecule has 0 bridgehead atoms. The Kier molecular flexibility index (Phi) is 7.77. The highest BCUT2D eigenvalue weighted by Gasteiger charge is 2.19. The molecule has 0 unspecified atom stereocenters. The number of hydrogen-bond acceptors (Lipinski definition) is 5. The third-order valence-corrected chi connectivity index (χ3v) is 6.44. The SMILES string of the molecule is CCOc1ccc(-n2c(SCC(=O)Nc3ccc(Cl)cc3C)nnc2-c2ccccc2Cl)cc1. The number of carbonyl (C=O) groups excluding carboxylic acids is 1. The van der Waals surface area contributed by atoms with E-state index in [1.165, 1.54) is 11.8 Å². The molecule has 1 heterocycles. The molecule has 0 atom stereocenters. The summed E-state index contributed by atoms with van der Waals surface area (Å²) in [6, 6.07) is 20.4. The number of anilines is 1. The molecule has 0 fully saturated rings. The normalized spacial score (nSPS) is 10.8. The van der Waals surface area contributed by atoms with Crippen LogP contribution in [0.5, 0.6) is 5.75 Å². The van der Waals surface area contributed by atoms with Crippen LogP contribution in [0.25, 0.3) is 17.1 Å². The van der Waals surface area contributed by atoms with E-state index in [1.54, 1.807) is 12.1 Å². The van der Waals surface area contributed by atoms with Crippen LogP contribution in [0.2, 0.25) is 10.0 Å². The highest BCUT2D eigenvalue weighted by Crippen LogP contribution is 2.32. The van der Waals surface area contributed by atoms with Crippen LogP contribution in [0.4, 0.5) is 5.69 Å². The van der Waals surface area contributed by atoms with E-state index in [0.717, 1.165) is 28.3 Å². The standard InChI is InChI=1S/C25H22Cl2N4O2S/c1-3-33-19-11-9-18(10-12-19)31-24(20-6-4-5-7-21(20)27)29-30-25(31)34-15-23(32)28-22-13-8-17(26)14-16(22)2/h4-14H,3,15H2,1-2H3,(H,28,32). The maximum atomic E-state index is 12.7. The number of hydrogen-bond donors (Lipinski definition) is 1. The Morgan fingerprint density at radius 3 is 2.53 bits per heavy atom. The monoisotopic (exact) mass is 512 g/mol. The van der Waals surface area contributed by atoms with Gasteiger partial charge >= 0.3 is 0 Å². The molecule has 0 aliphatic carbocycles. The Hall–Kier alpha value is -3.00. The number of aromatic nitrogens is 3. The molecule has 0 spiro atoms. The van der Waals surface area contributed by atoms with Crippen molar-refractivity contribution in [2.24, 2.45) is 0 Å². The molecule has 174 valence electrons. The third kappa shape index (κ3) is 5.55. The fourth-order valence-electron chi connectivity index (χ4n) is 3.36. The second kappa shape index (κ2) is 11.0. The second-order valence-corrected chi connectivity index (χ2v) is 9.13. The molecule has 1 amide bonds. The molecule has 0 aliphatic heterocycles. The topological polar surface area (TPSA) is 69.0 Å². The Morgan fingerprint density at radius 2 is 1.82 bits per heavy atom. The van der Waals surface area contributed by atoms with Gasteiger partial charge in [-0.25, -0.2) is 0 Å². The van der Waals surface area contributed by atoms with Gasteiger partial charge in [0.05, 0.1) is 17.4 Å². The fraction of sp³-hybridized carbons (Fsp3) is 0.160. The largest absolute Gasteiger partial charge is 0.494 e. The predicted octanol–water partition coefficient (Wildman–Crippen LogP) is 6.68. The Balaban J connectivity index is 1.61. The number of ether oxygens (including phenoxy) is 1. The molecule has 0 radical (unpaired) electrons. The van der Waals surface area contributed by atoms with E-state index in [0.29, 0.717) is 27.6 Å². The zero-order valence-electron chi connectivity index (χ0n) is 18.6. The molecule has 6 nitrogen and oxygen atoms in total. The predicted molar refractivity (Wildman–Crippen MR) is 139 cm³/mol. The maximum absolute atomic E-state index is 12.7. The van der Waals surface area contributed by atoms with E-state index in [4.69, 9.17) is 27.9 Å². The van der Waals surface area contributed by atoms with Gasteiger partial charge < -0.3 is 10.1 Å². The zero-order valence-corrected chi connectivity index (χ0v) is 20.9. The van der Waals surface area contributed by atoms with Crippen LogP contribution in [-0.2, 0) is 4.79 Å². The Morgan fingerprint density at radius 1 is 1.06 bits per heavy atom. The van der Waals surface area contributed by atoms with Crippen LogP contribution in [0.15, 0.2) is 71.9 Å². The average Bonchev–Trinajstić information content (AvgIpc) is 3.24. The molecule has 3 aromatic carbocycles. The number of benzene rings is 3. The van der Waals surface area contributed by atoms with Gasteiger partial charge in [0, 0.05) is 22.0 Å². The molecular weight excluding hydrogens is 491 g/mol. The molecule has 0 aliphatic rings. The summed E-state index contributed by atoms with van der Waals surface area (Å²) >= 11 is 13.8.